The molecule has 4 rings (SSSR count). The van der Waals surface area contributed by atoms with Crippen LogP contribution in [0.15, 0.2) is 48.7 Å². The maximum atomic E-state index is 14.6. The summed E-state index contributed by atoms with van der Waals surface area (Å²) in [5, 5.41) is 17.4. The van der Waals surface area contributed by atoms with E-state index in [1.165, 1.54) is 43.5 Å². The van der Waals surface area contributed by atoms with Gasteiger partial charge in [-0.1, -0.05) is 6.92 Å². The van der Waals surface area contributed by atoms with Gasteiger partial charge in [0.25, 0.3) is 5.91 Å². The first kappa shape index (κ1) is 25.6. The molecule has 3 aromatic rings. The fraction of sp³-hybridized carbons (Fsp3) is 0.385. The van der Waals surface area contributed by atoms with Gasteiger partial charge >= 0.3 is 0 Å². The Hall–Kier alpha value is -3.53. The number of aromatic nitrogens is 3. The number of carbonyl (C=O) groups is 1. The zero-order valence-electron chi connectivity index (χ0n) is 20.2. The van der Waals surface area contributed by atoms with E-state index in [0.717, 1.165) is 13.0 Å². The van der Waals surface area contributed by atoms with Crippen molar-refractivity contribution in [2.75, 3.05) is 25.0 Å². The normalized spacial score (nSPS) is 17.9. The first-order chi connectivity index (χ1) is 17.2. The fourth-order valence-electron chi connectivity index (χ4n) is 4.47. The maximum absolute atomic E-state index is 14.6. The molecule has 1 saturated heterocycles. The van der Waals surface area contributed by atoms with Crippen molar-refractivity contribution < 1.29 is 18.0 Å². The molecule has 0 aliphatic carbocycles. The second kappa shape index (κ2) is 11.0. The Morgan fingerprint density at radius 3 is 2.69 bits per heavy atom. The molecule has 1 aliphatic rings. The van der Waals surface area contributed by atoms with E-state index in [-0.39, 0.29) is 41.9 Å². The van der Waals surface area contributed by atoms with Crippen LogP contribution in [0, 0.1) is 11.6 Å². The largest absolute Gasteiger partial charge is 0.368 e. The lowest BCUT2D eigenvalue weighted by Gasteiger charge is -2.30. The Balaban J connectivity index is 1.48. The average Bonchev–Trinajstić information content (AvgIpc) is 3.36. The molecule has 0 spiro atoms. The number of alkyl halides is 1. The molecule has 3 atom stereocenters. The van der Waals surface area contributed by atoms with Gasteiger partial charge in [-0.25, -0.2) is 13.2 Å². The van der Waals surface area contributed by atoms with Crippen molar-refractivity contribution in [1.29, 1.82) is 0 Å². The van der Waals surface area contributed by atoms with E-state index in [0.29, 0.717) is 17.9 Å². The molecule has 190 valence electrons. The minimum absolute atomic E-state index is 0.0433. The third kappa shape index (κ3) is 5.99. The third-order valence-electron chi connectivity index (χ3n) is 6.29. The van der Waals surface area contributed by atoms with Gasteiger partial charge in [0.15, 0.2) is 0 Å². The highest BCUT2D eigenvalue weighted by Gasteiger charge is 2.33. The molecular weight excluding hydrogens is 469 g/mol. The number of pyridine rings is 1. The molecule has 0 unspecified atom stereocenters. The summed E-state index contributed by atoms with van der Waals surface area (Å²) >= 11 is 0. The van der Waals surface area contributed by atoms with Crippen LogP contribution in [-0.4, -0.2) is 52.9 Å². The zero-order valence-corrected chi connectivity index (χ0v) is 20.2. The second-order valence-electron chi connectivity index (χ2n) is 9.39. The molecule has 1 fully saturated rings. The van der Waals surface area contributed by atoms with Gasteiger partial charge in [-0.3, -0.25) is 9.78 Å². The van der Waals surface area contributed by atoms with Crippen LogP contribution in [0.4, 0.5) is 19.0 Å². The molecule has 36 heavy (non-hydrogen) atoms. The van der Waals surface area contributed by atoms with Gasteiger partial charge < -0.3 is 16.0 Å². The van der Waals surface area contributed by atoms with Crippen molar-refractivity contribution in [3.8, 4) is 11.3 Å². The van der Waals surface area contributed by atoms with Crippen molar-refractivity contribution in [2.24, 2.45) is 0 Å². The predicted molar refractivity (Wildman–Crippen MR) is 131 cm³/mol. The smallest absolute Gasteiger partial charge is 0.251 e. The van der Waals surface area contributed by atoms with E-state index in [1.807, 2.05) is 0 Å². The van der Waals surface area contributed by atoms with Gasteiger partial charge in [0, 0.05) is 41.9 Å². The standard InChI is InChI=1S/C26H29F3N6O/c1-16(27)13-26(2,24-21(29)4-3-10-31-24)15-32-23-8-7-22(34-35-23)19-12-17(5-6-20(19)28)25(36)33-18-9-11-30-14-18/h3-8,10,12,16,18,30H,9,11,13-15H2,1-2H3,(H,32,35)(H,33,36)/t16-,18+,26-/m0/s1. The van der Waals surface area contributed by atoms with Gasteiger partial charge in [-0.05, 0) is 68.8 Å². The summed E-state index contributed by atoms with van der Waals surface area (Å²) in [5.41, 5.74) is -0.0420. The summed E-state index contributed by atoms with van der Waals surface area (Å²) in [6.45, 7) is 4.86. The molecule has 1 aliphatic heterocycles. The summed E-state index contributed by atoms with van der Waals surface area (Å²) in [7, 11) is 0. The minimum Gasteiger partial charge on any atom is -0.368 e. The van der Waals surface area contributed by atoms with Crippen LogP contribution in [0.5, 0.6) is 0 Å². The van der Waals surface area contributed by atoms with Crippen molar-refractivity contribution in [2.45, 2.75) is 44.3 Å². The number of hydrogen-bond donors (Lipinski definition) is 3. The van der Waals surface area contributed by atoms with Crippen molar-refractivity contribution in [3.05, 3.63) is 71.6 Å². The van der Waals surface area contributed by atoms with E-state index >= 15 is 0 Å². The van der Waals surface area contributed by atoms with E-state index in [9.17, 15) is 18.0 Å². The van der Waals surface area contributed by atoms with Gasteiger partial charge in [0.05, 0.1) is 17.6 Å². The molecule has 3 N–H and O–H groups in total. The summed E-state index contributed by atoms with van der Waals surface area (Å²) in [5.74, 6) is -0.957. The van der Waals surface area contributed by atoms with Crippen molar-refractivity contribution >= 4 is 11.7 Å². The quantitative estimate of drug-likeness (QED) is 0.413. The van der Waals surface area contributed by atoms with E-state index < -0.39 is 23.2 Å². The highest BCUT2D eigenvalue weighted by atomic mass is 19.1. The average molecular weight is 499 g/mol. The number of hydrogen-bond acceptors (Lipinski definition) is 6. The van der Waals surface area contributed by atoms with E-state index in [4.69, 9.17) is 0 Å². The molecule has 2 aromatic heterocycles. The minimum atomic E-state index is -1.18. The van der Waals surface area contributed by atoms with E-state index in [2.05, 4.69) is 31.1 Å². The molecule has 1 amide bonds. The molecule has 7 nitrogen and oxygen atoms in total. The Kier molecular flexibility index (Phi) is 7.83. The van der Waals surface area contributed by atoms with Gasteiger partial charge in [-0.15, -0.1) is 10.2 Å². The highest BCUT2D eigenvalue weighted by Crippen LogP contribution is 2.31. The number of carbonyl (C=O) groups excluding carboxylic acids is 1. The topological polar surface area (TPSA) is 91.8 Å². The second-order valence-corrected chi connectivity index (χ2v) is 9.39. The van der Waals surface area contributed by atoms with Crippen LogP contribution in [0.25, 0.3) is 11.3 Å². The van der Waals surface area contributed by atoms with Crippen LogP contribution in [-0.2, 0) is 5.41 Å². The predicted octanol–water partition coefficient (Wildman–Crippen LogP) is 4.03. The Morgan fingerprint density at radius 2 is 2.03 bits per heavy atom. The molecule has 0 bridgehead atoms. The van der Waals surface area contributed by atoms with E-state index in [1.54, 1.807) is 19.1 Å². The molecule has 10 heteroatoms. The summed E-state index contributed by atoms with van der Waals surface area (Å²) in [6.07, 6.45) is 1.19. The fourth-order valence-corrected chi connectivity index (χ4v) is 4.47. The van der Waals surface area contributed by atoms with Crippen molar-refractivity contribution in [1.82, 2.24) is 25.8 Å². The Labute approximate surface area is 207 Å². The summed E-state index contributed by atoms with van der Waals surface area (Å²) < 4.78 is 43.0. The first-order valence-electron chi connectivity index (χ1n) is 11.9. The lowest BCUT2D eigenvalue weighted by Crippen LogP contribution is -2.36. The number of nitrogens with one attached hydrogen (secondary N) is 3. The van der Waals surface area contributed by atoms with Crippen LogP contribution >= 0.6 is 0 Å². The molecule has 0 radical (unpaired) electrons. The molecule has 1 aromatic carbocycles. The molecule has 3 heterocycles. The maximum Gasteiger partial charge on any atom is 0.251 e. The first-order valence-corrected chi connectivity index (χ1v) is 11.9. The SMILES string of the molecule is C[C@H](F)C[C@@](C)(CNc1ccc(-c2cc(C(=O)N[C@@H]3CCNC3)ccc2F)nn1)c1ncccc1F. The van der Waals surface area contributed by atoms with Crippen LogP contribution in [0.2, 0.25) is 0 Å². The number of anilines is 1. The number of amides is 1. The van der Waals surface area contributed by atoms with Crippen molar-refractivity contribution in [3.63, 3.8) is 0 Å². The Morgan fingerprint density at radius 1 is 1.19 bits per heavy atom. The highest BCUT2D eigenvalue weighted by molar-refractivity contribution is 5.95. The monoisotopic (exact) mass is 498 g/mol. The number of halogens is 3. The number of rotatable bonds is 9. The number of benzene rings is 1. The molecule has 0 saturated carbocycles. The molecular formula is C26H29F3N6O. The van der Waals surface area contributed by atoms with Gasteiger partial charge in [-0.2, -0.15) is 0 Å². The van der Waals surface area contributed by atoms with Crippen LogP contribution in [0.3, 0.4) is 0 Å². The zero-order chi connectivity index (χ0) is 25.7. The summed E-state index contributed by atoms with van der Waals surface area (Å²) in [6, 6.07) is 10.1. The van der Waals surface area contributed by atoms with Gasteiger partial charge in [0.2, 0.25) is 0 Å². The third-order valence-corrected chi connectivity index (χ3v) is 6.29. The lowest BCUT2D eigenvalue weighted by molar-refractivity contribution is 0.0940. The van der Waals surface area contributed by atoms with Gasteiger partial charge in [0.1, 0.15) is 17.5 Å². The van der Waals surface area contributed by atoms with Crippen LogP contribution < -0.4 is 16.0 Å². The Bertz CT molecular complexity index is 1200. The summed E-state index contributed by atoms with van der Waals surface area (Å²) in [4.78, 5) is 16.7. The lowest BCUT2D eigenvalue weighted by atomic mass is 9.81. The van der Waals surface area contributed by atoms with Crippen LogP contribution in [0.1, 0.15) is 42.7 Å². The number of nitrogens with zero attached hydrogens (tertiary/aromatic N) is 3.